The van der Waals surface area contributed by atoms with Gasteiger partial charge in [0.1, 0.15) is 11.8 Å². The highest BCUT2D eigenvalue weighted by molar-refractivity contribution is 6.32. The van der Waals surface area contributed by atoms with Gasteiger partial charge in [-0.05, 0) is 38.7 Å². The van der Waals surface area contributed by atoms with Crippen LogP contribution in [0.5, 0.6) is 5.75 Å². The van der Waals surface area contributed by atoms with E-state index < -0.39 is 0 Å². The number of rotatable bonds is 4. The number of nitriles is 1. The van der Waals surface area contributed by atoms with Crippen molar-refractivity contribution in [1.29, 1.82) is 5.26 Å². The Kier molecular flexibility index (Phi) is 4.60. The maximum absolute atomic E-state index is 9.05. The molecule has 0 heterocycles. The minimum Gasteiger partial charge on any atom is -0.492 e. The van der Waals surface area contributed by atoms with Gasteiger partial charge in [-0.25, -0.2) is 0 Å². The van der Waals surface area contributed by atoms with Crippen molar-refractivity contribution in [2.24, 2.45) is 0 Å². The lowest BCUT2D eigenvalue weighted by Gasteiger charge is -2.18. The molecule has 16 heavy (non-hydrogen) atoms. The molecule has 0 aliphatic heterocycles. The predicted molar refractivity (Wildman–Crippen MR) is 64.7 cm³/mol. The minimum atomic E-state index is -0.284. The summed E-state index contributed by atoms with van der Waals surface area (Å²) in [5.41, 5.74) is 0.876. The second kappa shape index (κ2) is 5.74. The standard InChI is InChI=1S/C12H15ClN2O/c1-4-16-12-6-5-9(7-10(12)13)11(8-14)15(2)3/h5-7,11H,4H2,1-3H3. The number of hydrogen-bond donors (Lipinski definition) is 0. The molecule has 1 rings (SSSR count). The fourth-order valence-corrected chi connectivity index (χ4v) is 1.69. The van der Waals surface area contributed by atoms with Crippen LogP contribution in [0.1, 0.15) is 18.5 Å². The molecule has 0 amide bonds. The molecule has 1 aromatic carbocycles. The summed E-state index contributed by atoms with van der Waals surface area (Å²) in [5, 5.41) is 9.59. The first kappa shape index (κ1) is 12.8. The lowest BCUT2D eigenvalue weighted by molar-refractivity contribution is 0.338. The van der Waals surface area contributed by atoms with Gasteiger partial charge in [0, 0.05) is 0 Å². The molecule has 1 unspecified atom stereocenters. The van der Waals surface area contributed by atoms with Gasteiger partial charge >= 0.3 is 0 Å². The topological polar surface area (TPSA) is 36.3 Å². The predicted octanol–water partition coefficient (Wildman–Crippen LogP) is 2.86. The van der Waals surface area contributed by atoms with Crippen molar-refractivity contribution >= 4 is 11.6 Å². The molecule has 0 saturated carbocycles. The van der Waals surface area contributed by atoms with Gasteiger partial charge in [0.15, 0.2) is 0 Å². The molecule has 1 atom stereocenters. The second-order valence-corrected chi connectivity index (χ2v) is 4.03. The van der Waals surface area contributed by atoms with Crippen LogP contribution in [-0.2, 0) is 0 Å². The van der Waals surface area contributed by atoms with Gasteiger partial charge in [-0.15, -0.1) is 0 Å². The van der Waals surface area contributed by atoms with E-state index >= 15 is 0 Å². The van der Waals surface area contributed by atoms with E-state index in [1.807, 2.05) is 32.0 Å². The van der Waals surface area contributed by atoms with Crippen molar-refractivity contribution < 1.29 is 4.74 Å². The third-order valence-corrected chi connectivity index (χ3v) is 2.51. The molecule has 0 N–H and O–H groups in total. The minimum absolute atomic E-state index is 0.284. The van der Waals surface area contributed by atoms with Crippen LogP contribution in [0.3, 0.4) is 0 Å². The zero-order valence-corrected chi connectivity index (χ0v) is 10.5. The van der Waals surface area contributed by atoms with Crippen molar-refractivity contribution in [3.8, 4) is 11.8 Å². The van der Waals surface area contributed by atoms with E-state index in [4.69, 9.17) is 21.6 Å². The fourth-order valence-electron chi connectivity index (χ4n) is 1.45. The Morgan fingerprint density at radius 3 is 2.62 bits per heavy atom. The summed E-state index contributed by atoms with van der Waals surface area (Å²) in [6.07, 6.45) is 0. The first-order valence-corrected chi connectivity index (χ1v) is 5.46. The van der Waals surface area contributed by atoms with Crippen LogP contribution >= 0.6 is 11.6 Å². The van der Waals surface area contributed by atoms with E-state index in [2.05, 4.69) is 6.07 Å². The zero-order valence-electron chi connectivity index (χ0n) is 9.70. The van der Waals surface area contributed by atoms with E-state index in [-0.39, 0.29) is 6.04 Å². The van der Waals surface area contributed by atoms with Crippen LogP contribution < -0.4 is 4.74 Å². The lowest BCUT2D eigenvalue weighted by Crippen LogP contribution is -2.18. The Bertz CT molecular complexity index is 398. The molecule has 0 spiro atoms. The van der Waals surface area contributed by atoms with Crippen LogP contribution in [0.2, 0.25) is 5.02 Å². The Morgan fingerprint density at radius 2 is 2.19 bits per heavy atom. The highest BCUT2D eigenvalue weighted by Crippen LogP contribution is 2.29. The fraction of sp³-hybridized carbons (Fsp3) is 0.417. The van der Waals surface area contributed by atoms with Crippen LogP contribution in [0.25, 0.3) is 0 Å². The van der Waals surface area contributed by atoms with Crippen LogP contribution in [0.15, 0.2) is 18.2 Å². The molecule has 0 bridgehead atoms. The average Bonchev–Trinajstić information content (AvgIpc) is 2.22. The highest BCUT2D eigenvalue weighted by atomic mass is 35.5. The molecule has 4 heteroatoms. The van der Waals surface area contributed by atoms with E-state index in [9.17, 15) is 0 Å². The van der Waals surface area contributed by atoms with Crippen molar-refractivity contribution in [3.05, 3.63) is 28.8 Å². The van der Waals surface area contributed by atoms with Crippen LogP contribution in [0.4, 0.5) is 0 Å². The van der Waals surface area contributed by atoms with Crippen LogP contribution in [0, 0.1) is 11.3 Å². The highest BCUT2D eigenvalue weighted by Gasteiger charge is 2.14. The average molecular weight is 239 g/mol. The molecule has 0 saturated heterocycles. The quantitative estimate of drug-likeness (QED) is 0.809. The first-order valence-electron chi connectivity index (χ1n) is 5.08. The normalized spacial score (nSPS) is 12.2. The molecule has 0 aromatic heterocycles. The smallest absolute Gasteiger partial charge is 0.137 e. The van der Waals surface area contributed by atoms with Gasteiger partial charge in [-0.2, -0.15) is 5.26 Å². The van der Waals surface area contributed by atoms with Gasteiger partial charge in [0.2, 0.25) is 0 Å². The molecule has 86 valence electrons. The maximum atomic E-state index is 9.05. The van der Waals surface area contributed by atoms with Crippen molar-refractivity contribution in [1.82, 2.24) is 4.90 Å². The van der Waals surface area contributed by atoms with Gasteiger partial charge in [-0.3, -0.25) is 4.90 Å². The molecule has 1 aromatic rings. The van der Waals surface area contributed by atoms with Crippen molar-refractivity contribution in [2.75, 3.05) is 20.7 Å². The third kappa shape index (κ3) is 2.88. The summed E-state index contributed by atoms with van der Waals surface area (Å²) in [4.78, 5) is 1.84. The Balaban J connectivity index is 3.01. The van der Waals surface area contributed by atoms with E-state index in [1.54, 1.807) is 12.1 Å². The van der Waals surface area contributed by atoms with Crippen molar-refractivity contribution in [2.45, 2.75) is 13.0 Å². The summed E-state index contributed by atoms with van der Waals surface area (Å²) < 4.78 is 5.34. The zero-order chi connectivity index (χ0) is 12.1. The monoisotopic (exact) mass is 238 g/mol. The van der Waals surface area contributed by atoms with Crippen LogP contribution in [-0.4, -0.2) is 25.6 Å². The molecule has 0 radical (unpaired) electrons. The molecule has 3 nitrogen and oxygen atoms in total. The Labute approximate surface area is 101 Å². The van der Waals surface area contributed by atoms with E-state index in [0.29, 0.717) is 17.4 Å². The Morgan fingerprint density at radius 1 is 1.50 bits per heavy atom. The molecular formula is C12H15ClN2O. The molecular weight excluding hydrogens is 224 g/mol. The number of benzene rings is 1. The molecule has 0 fully saturated rings. The Hall–Kier alpha value is -1.24. The van der Waals surface area contributed by atoms with Gasteiger partial charge in [-0.1, -0.05) is 17.7 Å². The van der Waals surface area contributed by atoms with E-state index in [0.717, 1.165) is 5.56 Å². The first-order chi connectivity index (χ1) is 7.60. The largest absolute Gasteiger partial charge is 0.492 e. The number of halogens is 1. The lowest BCUT2D eigenvalue weighted by atomic mass is 10.1. The molecule has 0 aliphatic carbocycles. The van der Waals surface area contributed by atoms with E-state index in [1.165, 1.54) is 0 Å². The third-order valence-electron chi connectivity index (χ3n) is 2.21. The van der Waals surface area contributed by atoms with Gasteiger partial charge in [0.25, 0.3) is 0 Å². The van der Waals surface area contributed by atoms with Gasteiger partial charge < -0.3 is 4.74 Å². The van der Waals surface area contributed by atoms with Gasteiger partial charge in [0.05, 0.1) is 17.7 Å². The SMILES string of the molecule is CCOc1ccc(C(C#N)N(C)C)cc1Cl. The summed E-state index contributed by atoms with van der Waals surface area (Å²) in [7, 11) is 3.72. The maximum Gasteiger partial charge on any atom is 0.137 e. The number of nitrogens with zero attached hydrogens (tertiary/aromatic N) is 2. The second-order valence-electron chi connectivity index (χ2n) is 3.62. The summed E-state index contributed by atoms with van der Waals surface area (Å²) in [5.74, 6) is 0.656. The summed E-state index contributed by atoms with van der Waals surface area (Å²) in [6, 6.07) is 7.38. The summed E-state index contributed by atoms with van der Waals surface area (Å²) in [6.45, 7) is 2.48. The summed E-state index contributed by atoms with van der Waals surface area (Å²) >= 11 is 6.06. The van der Waals surface area contributed by atoms with Crippen molar-refractivity contribution in [3.63, 3.8) is 0 Å². The molecule has 0 aliphatic rings. The number of hydrogen-bond acceptors (Lipinski definition) is 3. The number of ether oxygens (including phenoxy) is 1.